The van der Waals surface area contributed by atoms with Crippen molar-refractivity contribution in [3.8, 4) is 0 Å². The Morgan fingerprint density at radius 3 is 2.40 bits per heavy atom. The molecule has 30 heavy (non-hydrogen) atoms. The van der Waals surface area contributed by atoms with Gasteiger partial charge in [-0.25, -0.2) is 4.39 Å². The van der Waals surface area contributed by atoms with Gasteiger partial charge in [0.2, 0.25) is 0 Å². The van der Waals surface area contributed by atoms with E-state index in [2.05, 4.69) is 10.6 Å². The van der Waals surface area contributed by atoms with Crippen molar-refractivity contribution in [1.82, 2.24) is 10.2 Å². The van der Waals surface area contributed by atoms with Crippen LogP contribution in [-0.4, -0.2) is 28.9 Å². The lowest BCUT2D eigenvalue weighted by atomic mass is 10.1. The lowest BCUT2D eigenvalue weighted by Crippen LogP contribution is -2.34. The van der Waals surface area contributed by atoms with Crippen LogP contribution >= 0.6 is 12.2 Å². The molecular formula is C23H20FN3O2S. The van der Waals surface area contributed by atoms with Crippen LogP contribution in [-0.2, 0) is 6.54 Å². The van der Waals surface area contributed by atoms with Crippen LogP contribution in [0.1, 0.15) is 26.3 Å². The Labute approximate surface area is 179 Å². The van der Waals surface area contributed by atoms with Gasteiger partial charge in [0.05, 0.1) is 5.56 Å². The Kier molecular flexibility index (Phi) is 6.87. The quantitative estimate of drug-likeness (QED) is 0.606. The highest BCUT2D eigenvalue weighted by atomic mass is 32.1. The number of halogens is 1. The highest BCUT2D eigenvalue weighted by Gasteiger charge is 2.14. The molecule has 3 aromatic carbocycles. The van der Waals surface area contributed by atoms with Gasteiger partial charge >= 0.3 is 0 Å². The summed E-state index contributed by atoms with van der Waals surface area (Å²) in [5, 5.41) is 5.29. The minimum Gasteiger partial charge on any atom is -0.337 e. The van der Waals surface area contributed by atoms with Crippen molar-refractivity contribution >= 4 is 34.8 Å². The molecule has 0 spiro atoms. The maximum atomic E-state index is 13.7. The fourth-order valence-corrected chi connectivity index (χ4v) is 3.07. The van der Waals surface area contributed by atoms with Gasteiger partial charge in [0, 0.05) is 24.8 Å². The van der Waals surface area contributed by atoms with Crippen molar-refractivity contribution in [2.75, 3.05) is 12.4 Å². The summed E-state index contributed by atoms with van der Waals surface area (Å²) in [5.74, 6) is -1.43. The van der Waals surface area contributed by atoms with Crippen molar-refractivity contribution < 1.29 is 14.0 Å². The van der Waals surface area contributed by atoms with Crippen LogP contribution in [0.2, 0.25) is 0 Å². The van der Waals surface area contributed by atoms with E-state index in [9.17, 15) is 14.0 Å². The average Bonchev–Trinajstić information content (AvgIpc) is 2.74. The number of nitrogens with one attached hydrogen (secondary N) is 2. The summed E-state index contributed by atoms with van der Waals surface area (Å²) in [5.41, 5.74) is 1.93. The van der Waals surface area contributed by atoms with Gasteiger partial charge in [0.1, 0.15) is 5.82 Å². The van der Waals surface area contributed by atoms with Crippen LogP contribution in [0.15, 0.2) is 78.9 Å². The Hall–Kier alpha value is -3.58. The number of benzene rings is 3. The molecule has 2 N–H and O–H groups in total. The number of hydrogen-bond donors (Lipinski definition) is 2. The van der Waals surface area contributed by atoms with Gasteiger partial charge in [-0.15, -0.1) is 0 Å². The molecule has 0 radical (unpaired) electrons. The normalized spacial score (nSPS) is 10.2. The Morgan fingerprint density at radius 2 is 1.67 bits per heavy atom. The number of amides is 2. The van der Waals surface area contributed by atoms with Crippen molar-refractivity contribution in [3.63, 3.8) is 0 Å². The third-order valence-electron chi connectivity index (χ3n) is 4.32. The molecule has 0 bridgehead atoms. The van der Waals surface area contributed by atoms with Gasteiger partial charge in [-0.05, 0) is 48.1 Å². The highest BCUT2D eigenvalue weighted by Crippen LogP contribution is 2.14. The van der Waals surface area contributed by atoms with E-state index >= 15 is 0 Å². The Balaban J connectivity index is 1.63. The first-order chi connectivity index (χ1) is 14.4. The molecule has 0 saturated carbocycles. The van der Waals surface area contributed by atoms with E-state index in [1.54, 1.807) is 42.3 Å². The molecule has 7 heteroatoms. The zero-order chi connectivity index (χ0) is 21.5. The van der Waals surface area contributed by atoms with Gasteiger partial charge in [0.25, 0.3) is 11.8 Å². The average molecular weight is 421 g/mol. The smallest absolute Gasteiger partial charge is 0.260 e. The molecule has 0 aliphatic heterocycles. The summed E-state index contributed by atoms with van der Waals surface area (Å²) < 4.78 is 13.7. The number of hydrogen-bond acceptors (Lipinski definition) is 3. The molecule has 0 aliphatic rings. The summed E-state index contributed by atoms with van der Waals surface area (Å²) in [6.45, 7) is 0.481. The van der Waals surface area contributed by atoms with Gasteiger partial charge < -0.3 is 10.2 Å². The fourth-order valence-electron chi connectivity index (χ4n) is 2.86. The number of carbonyl (C=O) groups excluding carboxylic acids is 2. The van der Waals surface area contributed by atoms with Gasteiger partial charge in [-0.3, -0.25) is 14.9 Å². The van der Waals surface area contributed by atoms with Crippen molar-refractivity contribution in [3.05, 3.63) is 101 Å². The van der Waals surface area contributed by atoms with E-state index in [1.165, 1.54) is 18.2 Å². The molecular weight excluding hydrogens is 401 g/mol. The molecule has 0 aliphatic carbocycles. The second kappa shape index (κ2) is 9.76. The fraction of sp³-hybridized carbons (Fsp3) is 0.0870. The van der Waals surface area contributed by atoms with E-state index in [-0.39, 0.29) is 16.6 Å². The molecule has 3 aromatic rings. The number of thiocarbonyl (C=S) groups is 1. The van der Waals surface area contributed by atoms with E-state index in [4.69, 9.17) is 12.2 Å². The Morgan fingerprint density at radius 1 is 0.967 bits per heavy atom. The number of rotatable bonds is 5. The number of carbonyl (C=O) groups is 2. The second-order valence-electron chi connectivity index (χ2n) is 6.62. The van der Waals surface area contributed by atoms with E-state index in [0.717, 1.165) is 5.56 Å². The maximum absolute atomic E-state index is 13.7. The number of nitrogens with zero attached hydrogens (tertiary/aromatic N) is 1. The third-order valence-corrected chi connectivity index (χ3v) is 4.53. The van der Waals surface area contributed by atoms with Crippen molar-refractivity contribution in [2.24, 2.45) is 0 Å². The van der Waals surface area contributed by atoms with E-state index in [0.29, 0.717) is 17.8 Å². The monoisotopic (exact) mass is 421 g/mol. The van der Waals surface area contributed by atoms with Gasteiger partial charge in [0.15, 0.2) is 5.11 Å². The maximum Gasteiger partial charge on any atom is 0.260 e. The summed E-state index contributed by atoms with van der Waals surface area (Å²) in [6, 6.07) is 22.1. The summed E-state index contributed by atoms with van der Waals surface area (Å²) >= 11 is 5.14. The van der Waals surface area contributed by atoms with Crippen LogP contribution in [0.5, 0.6) is 0 Å². The van der Waals surface area contributed by atoms with Crippen LogP contribution in [0.25, 0.3) is 0 Å². The first-order valence-corrected chi connectivity index (χ1v) is 9.61. The summed E-state index contributed by atoms with van der Waals surface area (Å²) in [7, 11) is 1.73. The minimum atomic E-state index is -0.652. The second-order valence-corrected chi connectivity index (χ2v) is 7.02. The lowest BCUT2D eigenvalue weighted by molar-refractivity contribution is 0.0785. The summed E-state index contributed by atoms with van der Waals surface area (Å²) in [6.07, 6.45) is 0. The first kappa shape index (κ1) is 21.1. The van der Waals surface area contributed by atoms with Crippen LogP contribution in [0.3, 0.4) is 0 Å². The van der Waals surface area contributed by atoms with Crippen LogP contribution in [0, 0.1) is 5.82 Å². The molecule has 3 rings (SSSR count). The van der Waals surface area contributed by atoms with Crippen LogP contribution < -0.4 is 10.6 Å². The zero-order valence-corrected chi connectivity index (χ0v) is 17.1. The molecule has 0 fully saturated rings. The zero-order valence-electron chi connectivity index (χ0n) is 16.3. The van der Waals surface area contributed by atoms with Gasteiger partial charge in [-0.1, -0.05) is 48.5 Å². The molecule has 152 valence electrons. The predicted molar refractivity (Wildman–Crippen MR) is 119 cm³/mol. The van der Waals surface area contributed by atoms with Gasteiger partial charge in [-0.2, -0.15) is 0 Å². The minimum absolute atomic E-state index is 0.00509. The first-order valence-electron chi connectivity index (χ1n) is 9.20. The van der Waals surface area contributed by atoms with Crippen LogP contribution in [0.4, 0.5) is 10.1 Å². The van der Waals surface area contributed by atoms with E-state index in [1.807, 2.05) is 30.3 Å². The molecule has 0 saturated heterocycles. The van der Waals surface area contributed by atoms with Crippen molar-refractivity contribution in [2.45, 2.75) is 6.54 Å². The molecule has 0 unspecified atom stereocenters. The summed E-state index contributed by atoms with van der Waals surface area (Å²) in [4.78, 5) is 26.5. The molecule has 0 heterocycles. The molecule has 0 aromatic heterocycles. The van der Waals surface area contributed by atoms with E-state index < -0.39 is 11.7 Å². The number of anilines is 1. The highest BCUT2D eigenvalue weighted by molar-refractivity contribution is 7.80. The molecule has 5 nitrogen and oxygen atoms in total. The predicted octanol–water partition coefficient (Wildman–Crippen LogP) is 4.22. The largest absolute Gasteiger partial charge is 0.337 e. The molecule has 2 amide bonds. The lowest BCUT2D eigenvalue weighted by Gasteiger charge is -2.18. The Bertz CT molecular complexity index is 1070. The topological polar surface area (TPSA) is 61.4 Å². The standard InChI is InChI=1S/C23H20FN3O2S/c1-27(15-16-8-3-2-4-9-16)22(29)17-10-7-11-18(14-17)25-23(30)26-21(28)19-12-5-6-13-20(19)24/h2-14H,15H2,1H3,(H2,25,26,28,30). The van der Waals surface area contributed by atoms with Crippen molar-refractivity contribution in [1.29, 1.82) is 0 Å². The molecule has 0 atom stereocenters. The third kappa shape index (κ3) is 5.48. The SMILES string of the molecule is CN(Cc1ccccc1)C(=O)c1cccc(NC(=S)NC(=O)c2ccccc2F)c1.